The van der Waals surface area contributed by atoms with Crippen molar-refractivity contribution in [1.82, 2.24) is 20.3 Å². The van der Waals surface area contributed by atoms with Gasteiger partial charge >= 0.3 is 12.1 Å². The molecule has 0 spiro atoms. The molecule has 0 aliphatic carbocycles. The van der Waals surface area contributed by atoms with Crippen LogP contribution in [0.2, 0.25) is 0 Å². The predicted octanol–water partition coefficient (Wildman–Crippen LogP) is 4.64. The van der Waals surface area contributed by atoms with Gasteiger partial charge in [0.1, 0.15) is 23.1 Å². The van der Waals surface area contributed by atoms with Crippen LogP contribution in [-0.4, -0.2) is 61.5 Å². The number of hydrogen-bond acceptors (Lipinski definition) is 9. The smallest absolute Gasteiger partial charge is 0.412 e. The number of imidazole rings is 1. The number of hydrogen-bond donors (Lipinski definition) is 3. The quantitative estimate of drug-likeness (QED) is 0.114. The number of fused-ring (bicyclic) bond motifs is 2. The molecule has 5 aromatic rings. The monoisotopic (exact) mass is 628 g/mol. The highest BCUT2D eigenvalue weighted by atomic mass is 32.2. The second-order valence-corrected chi connectivity index (χ2v) is 12.0. The minimum atomic E-state index is -4.25. The van der Waals surface area contributed by atoms with E-state index in [2.05, 4.69) is 15.3 Å². The van der Waals surface area contributed by atoms with Gasteiger partial charge in [-0.3, -0.25) is 24.8 Å². The van der Waals surface area contributed by atoms with Crippen molar-refractivity contribution in [3.63, 3.8) is 0 Å². The van der Waals surface area contributed by atoms with Crippen LogP contribution in [0.3, 0.4) is 0 Å². The van der Waals surface area contributed by atoms with Gasteiger partial charge in [0.15, 0.2) is 0 Å². The Hall–Kier alpha value is -5.30. The number of ether oxygens (including phenoxy) is 2. The third-order valence-electron chi connectivity index (χ3n) is 7.26. The minimum absolute atomic E-state index is 0.0236. The Kier molecular flexibility index (Phi) is 9.09. The molecule has 0 aliphatic rings. The highest BCUT2D eigenvalue weighted by Crippen LogP contribution is 2.33. The SMILES string of the molecule is CCOC(=O)NC(=N)c1ccc(CCc2nc3c(C)c(N(CC(=O)OC)S(=O)(=O)c4cccc5cccnc45)ccc3[nH]2)cc1. The molecule has 0 saturated carbocycles. The first-order valence-electron chi connectivity index (χ1n) is 14.2. The van der Waals surface area contributed by atoms with Crippen molar-refractivity contribution in [3.8, 4) is 0 Å². The molecule has 1 amide bonds. The summed E-state index contributed by atoms with van der Waals surface area (Å²) in [5.74, 6) is -0.0676. The van der Waals surface area contributed by atoms with E-state index in [1.54, 1.807) is 62.4 Å². The lowest BCUT2D eigenvalue weighted by Gasteiger charge is -2.25. The topological polar surface area (TPSA) is 167 Å². The number of anilines is 1. The number of alkyl carbamates (subject to hydrolysis) is 1. The number of amidine groups is 1. The lowest BCUT2D eigenvalue weighted by molar-refractivity contribution is -0.138. The number of benzene rings is 3. The van der Waals surface area contributed by atoms with Crippen LogP contribution < -0.4 is 9.62 Å². The van der Waals surface area contributed by atoms with Crippen LogP contribution in [-0.2, 0) is 37.1 Å². The van der Waals surface area contributed by atoms with Crippen LogP contribution in [0.5, 0.6) is 0 Å². The van der Waals surface area contributed by atoms with Crippen LogP contribution in [0.25, 0.3) is 21.9 Å². The van der Waals surface area contributed by atoms with Crippen molar-refractivity contribution in [1.29, 1.82) is 5.41 Å². The molecular formula is C32H32N6O6S. The number of para-hydroxylation sites is 1. The Morgan fingerprint density at radius 2 is 1.76 bits per heavy atom. The molecule has 232 valence electrons. The van der Waals surface area contributed by atoms with Gasteiger partial charge in [0.25, 0.3) is 10.0 Å². The second-order valence-electron chi connectivity index (χ2n) is 10.1. The third kappa shape index (κ3) is 6.63. The average molecular weight is 629 g/mol. The summed E-state index contributed by atoms with van der Waals surface area (Å²) in [5.41, 5.74) is 4.03. The first-order chi connectivity index (χ1) is 21.6. The van der Waals surface area contributed by atoms with Gasteiger partial charge in [-0.2, -0.15) is 0 Å². The Balaban J connectivity index is 1.40. The summed E-state index contributed by atoms with van der Waals surface area (Å²) in [6.45, 7) is 3.14. The number of H-pyrrole nitrogens is 1. The molecule has 0 aliphatic heterocycles. The summed E-state index contributed by atoms with van der Waals surface area (Å²) in [6, 6.07) is 19.0. The number of aryl methyl sites for hydroxylation is 3. The highest BCUT2D eigenvalue weighted by molar-refractivity contribution is 7.93. The number of carbonyl (C=O) groups is 2. The first-order valence-corrected chi connectivity index (χ1v) is 15.6. The fourth-order valence-electron chi connectivity index (χ4n) is 4.97. The standard InChI is InChI=1S/C32H32N6O6S/c1-4-44-32(40)37-31(33)23-13-10-21(11-14-23)12-17-27-35-24-15-16-25(20(2)29(24)36-27)38(19-28(39)43-3)45(41,42)26-9-5-7-22-8-6-18-34-30(22)26/h5-11,13-16,18H,4,12,17,19H2,1-3H3,(H,35,36)(H2,33,37,40). The van der Waals surface area contributed by atoms with Crippen molar-refractivity contribution in [2.75, 3.05) is 24.6 Å². The van der Waals surface area contributed by atoms with E-state index in [-0.39, 0.29) is 17.3 Å². The molecule has 3 aromatic carbocycles. The van der Waals surface area contributed by atoms with Gasteiger partial charge in [-0.05, 0) is 50.1 Å². The zero-order valence-corrected chi connectivity index (χ0v) is 25.8. The molecule has 2 aromatic heterocycles. The van der Waals surface area contributed by atoms with Crippen LogP contribution in [0.4, 0.5) is 10.5 Å². The van der Waals surface area contributed by atoms with Gasteiger partial charge < -0.3 is 14.5 Å². The van der Waals surface area contributed by atoms with E-state index in [1.165, 1.54) is 19.4 Å². The highest BCUT2D eigenvalue weighted by Gasteiger charge is 2.31. The third-order valence-corrected chi connectivity index (χ3v) is 9.05. The number of amides is 1. The molecule has 45 heavy (non-hydrogen) atoms. The number of nitrogens with zero attached hydrogens (tertiary/aromatic N) is 3. The van der Waals surface area contributed by atoms with Gasteiger partial charge in [0.2, 0.25) is 0 Å². The van der Waals surface area contributed by atoms with Crippen LogP contribution in [0.1, 0.15) is 29.4 Å². The average Bonchev–Trinajstić information content (AvgIpc) is 3.47. The normalized spacial score (nSPS) is 11.4. The van der Waals surface area contributed by atoms with E-state index in [1.807, 2.05) is 12.1 Å². The fourth-order valence-corrected chi connectivity index (χ4v) is 6.60. The Morgan fingerprint density at radius 1 is 1.00 bits per heavy atom. The summed E-state index contributed by atoms with van der Waals surface area (Å²) < 4.78 is 38.9. The molecule has 0 atom stereocenters. The van der Waals surface area contributed by atoms with E-state index >= 15 is 0 Å². The number of nitrogens with one attached hydrogen (secondary N) is 3. The van der Waals surface area contributed by atoms with Gasteiger partial charge in [0, 0.05) is 29.1 Å². The summed E-state index contributed by atoms with van der Waals surface area (Å²) >= 11 is 0. The number of sulfonamides is 1. The molecular weight excluding hydrogens is 596 g/mol. The van der Waals surface area contributed by atoms with E-state index in [9.17, 15) is 18.0 Å². The van der Waals surface area contributed by atoms with Crippen molar-refractivity contribution < 1.29 is 27.5 Å². The maximum absolute atomic E-state index is 14.1. The number of aromatic amines is 1. The van der Waals surface area contributed by atoms with Crippen molar-refractivity contribution in [3.05, 3.63) is 95.4 Å². The molecule has 12 nitrogen and oxygen atoms in total. The first kappa shape index (κ1) is 31.1. The second kappa shape index (κ2) is 13.1. The Bertz CT molecular complexity index is 2000. The summed E-state index contributed by atoms with van der Waals surface area (Å²) in [4.78, 5) is 36.4. The van der Waals surface area contributed by atoms with Crippen molar-refractivity contribution in [2.45, 2.75) is 31.6 Å². The minimum Gasteiger partial charge on any atom is -0.468 e. The lowest BCUT2D eigenvalue weighted by atomic mass is 10.1. The zero-order valence-electron chi connectivity index (χ0n) is 25.0. The van der Waals surface area contributed by atoms with Crippen molar-refractivity contribution in [2.24, 2.45) is 0 Å². The summed E-state index contributed by atoms with van der Waals surface area (Å²) in [6.07, 6.45) is 2.05. The number of carbonyl (C=O) groups excluding carboxylic acids is 2. The number of pyridine rings is 1. The Labute approximate surface area is 260 Å². The number of methoxy groups -OCH3 is 1. The number of esters is 1. The van der Waals surface area contributed by atoms with Crippen LogP contribution >= 0.6 is 0 Å². The Morgan fingerprint density at radius 3 is 2.49 bits per heavy atom. The molecule has 0 saturated heterocycles. The molecule has 0 fully saturated rings. The van der Waals surface area contributed by atoms with E-state index < -0.39 is 28.6 Å². The van der Waals surface area contributed by atoms with Gasteiger partial charge in [-0.25, -0.2) is 18.2 Å². The largest absolute Gasteiger partial charge is 0.468 e. The molecule has 3 N–H and O–H groups in total. The lowest BCUT2D eigenvalue weighted by Crippen LogP contribution is -2.37. The van der Waals surface area contributed by atoms with Gasteiger partial charge in [-0.1, -0.05) is 42.5 Å². The summed E-state index contributed by atoms with van der Waals surface area (Å²) in [5, 5.41) is 11.1. The number of rotatable bonds is 10. The summed E-state index contributed by atoms with van der Waals surface area (Å²) in [7, 11) is -3.04. The molecule has 0 radical (unpaired) electrons. The van der Waals surface area contributed by atoms with E-state index in [0.717, 1.165) is 15.4 Å². The molecule has 0 bridgehead atoms. The van der Waals surface area contributed by atoms with Gasteiger partial charge in [-0.15, -0.1) is 0 Å². The van der Waals surface area contributed by atoms with E-state index in [4.69, 9.17) is 19.9 Å². The number of aromatic nitrogens is 3. The maximum atomic E-state index is 14.1. The van der Waals surface area contributed by atoms with E-state index in [0.29, 0.717) is 51.9 Å². The zero-order chi connectivity index (χ0) is 32.1. The molecule has 0 unspecified atom stereocenters. The molecule has 5 rings (SSSR count). The van der Waals surface area contributed by atoms with Crippen LogP contribution in [0, 0.1) is 12.3 Å². The molecule has 2 heterocycles. The fraction of sp³-hybridized carbons (Fsp3) is 0.219. The van der Waals surface area contributed by atoms with Crippen LogP contribution in [0.15, 0.2) is 77.8 Å². The molecule has 13 heteroatoms. The predicted molar refractivity (Wildman–Crippen MR) is 170 cm³/mol. The van der Waals surface area contributed by atoms with Gasteiger partial charge in [0.05, 0.1) is 36.0 Å². The van der Waals surface area contributed by atoms with Crippen molar-refractivity contribution >= 4 is 55.5 Å². The maximum Gasteiger partial charge on any atom is 0.412 e.